The number of aliphatic hydroxyl groups is 1. The van der Waals surface area contributed by atoms with E-state index in [0.717, 1.165) is 0 Å². The largest absolute Gasteiger partial charge is 0.497 e. The van der Waals surface area contributed by atoms with E-state index in [1.165, 1.54) is 0 Å². The smallest absolute Gasteiger partial charge is 0.207 e. The van der Waals surface area contributed by atoms with Crippen molar-refractivity contribution in [2.75, 3.05) is 7.11 Å². The van der Waals surface area contributed by atoms with Gasteiger partial charge in [-0.15, -0.1) is 0 Å². The molecule has 20 heavy (non-hydrogen) atoms. The molecule has 4 nitrogen and oxygen atoms in total. The maximum absolute atomic E-state index is 12.3. The molecule has 1 N–H and O–H groups in total. The number of methoxy groups -OCH3 is 1. The van der Waals surface area contributed by atoms with Gasteiger partial charge in [0.15, 0.2) is 0 Å². The molecule has 0 saturated heterocycles. The molecule has 0 radical (unpaired) electrons. The minimum atomic E-state index is -1.38. The topological polar surface area (TPSA) is 55.8 Å². The first-order valence-electron chi connectivity index (χ1n) is 6.19. The number of benzene rings is 2. The summed E-state index contributed by atoms with van der Waals surface area (Å²) in [4.78, 5) is 0.630. The van der Waals surface area contributed by atoms with Crippen molar-refractivity contribution in [1.29, 1.82) is 0 Å². The van der Waals surface area contributed by atoms with Crippen molar-refractivity contribution in [3.05, 3.63) is 54.1 Å². The van der Waals surface area contributed by atoms with Gasteiger partial charge in [0.1, 0.15) is 28.4 Å². The maximum Gasteiger partial charge on any atom is 0.207 e. The lowest BCUT2D eigenvalue weighted by atomic mass is 10.1. The Balaban J connectivity index is 1.85. The number of rotatable bonds is 3. The van der Waals surface area contributed by atoms with Gasteiger partial charge in [-0.3, -0.25) is 4.21 Å². The van der Waals surface area contributed by atoms with Crippen LogP contribution in [-0.2, 0) is 10.8 Å². The predicted octanol–water partition coefficient (Wildman–Crippen LogP) is 2.25. The van der Waals surface area contributed by atoms with Crippen molar-refractivity contribution in [2.24, 2.45) is 0 Å². The van der Waals surface area contributed by atoms with E-state index in [1.807, 2.05) is 12.1 Å². The van der Waals surface area contributed by atoms with Gasteiger partial charge < -0.3 is 14.6 Å². The number of fused-ring (bicyclic) bond motifs is 1. The molecule has 104 valence electrons. The van der Waals surface area contributed by atoms with Gasteiger partial charge in [0, 0.05) is 0 Å². The van der Waals surface area contributed by atoms with E-state index in [1.54, 1.807) is 43.5 Å². The van der Waals surface area contributed by atoms with Crippen LogP contribution in [0.5, 0.6) is 11.5 Å². The normalized spacial score (nSPS) is 21.9. The zero-order chi connectivity index (χ0) is 14.1. The van der Waals surface area contributed by atoms with Crippen molar-refractivity contribution < 1.29 is 18.8 Å². The quantitative estimate of drug-likeness (QED) is 0.942. The maximum atomic E-state index is 12.3. The highest BCUT2D eigenvalue weighted by Gasteiger charge is 2.37. The summed E-state index contributed by atoms with van der Waals surface area (Å²) in [6.07, 6.45) is -0.950. The Morgan fingerprint density at radius 3 is 2.55 bits per heavy atom. The first kappa shape index (κ1) is 13.1. The molecule has 0 bridgehead atoms. The summed E-state index contributed by atoms with van der Waals surface area (Å²) in [7, 11) is 0.204. The molecule has 1 heterocycles. The van der Waals surface area contributed by atoms with E-state index in [-0.39, 0.29) is 0 Å². The van der Waals surface area contributed by atoms with Crippen LogP contribution in [0.4, 0.5) is 0 Å². The molecule has 2 aromatic rings. The summed E-state index contributed by atoms with van der Waals surface area (Å²) in [6, 6.07) is 14.1. The van der Waals surface area contributed by atoms with E-state index in [9.17, 15) is 9.32 Å². The molecule has 0 saturated carbocycles. The average Bonchev–Trinajstić information content (AvgIpc) is 2.84. The van der Waals surface area contributed by atoms with Gasteiger partial charge in [-0.2, -0.15) is 0 Å². The van der Waals surface area contributed by atoms with Gasteiger partial charge in [0.25, 0.3) is 0 Å². The molecule has 0 fully saturated rings. The highest BCUT2D eigenvalue weighted by Crippen LogP contribution is 2.37. The second-order valence-corrected chi connectivity index (χ2v) is 5.95. The highest BCUT2D eigenvalue weighted by atomic mass is 32.2. The zero-order valence-corrected chi connectivity index (χ0v) is 11.7. The lowest BCUT2D eigenvalue weighted by Crippen LogP contribution is -2.25. The van der Waals surface area contributed by atoms with Gasteiger partial charge in [-0.05, 0) is 29.8 Å². The van der Waals surface area contributed by atoms with Crippen LogP contribution < -0.4 is 9.47 Å². The third-order valence-corrected chi connectivity index (χ3v) is 4.78. The van der Waals surface area contributed by atoms with Crippen LogP contribution in [0, 0.1) is 0 Å². The summed E-state index contributed by atoms with van der Waals surface area (Å²) in [5.41, 5.74) is -0.127. The van der Waals surface area contributed by atoms with Crippen LogP contribution in [0.15, 0.2) is 53.4 Å². The van der Waals surface area contributed by atoms with Crippen LogP contribution >= 0.6 is 0 Å². The number of hydrogen-bond donors (Lipinski definition) is 1. The van der Waals surface area contributed by atoms with Crippen LogP contribution in [0.2, 0.25) is 0 Å². The summed E-state index contributed by atoms with van der Waals surface area (Å²) < 4.78 is 23.0. The van der Waals surface area contributed by atoms with Crippen molar-refractivity contribution >= 4 is 10.8 Å². The number of aliphatic hydroxyl groups excluding tert-OH is 1. The summed E-state index contributed by atoms with van der Waals surface area (Å²) >= 11 is 0. The predicted molar refractivity (Wildman–Crippen MR) is 75.2 cm³/mol. The van der Waals surface area contributed by atoms with Gasteiger partial charge in [0.2, 0.25) is 5.44 Å². The molecular weight excluding hydrogens is 276 g/mol. The minimum absolute atomic E-state index is 0.573. The Morgan fingerprint density at radius 1 is 1.20 bits per heavy atom. The molecule has 3 rings (SSSR count). The molecule has 2 aromatic carbocycles. The lowest BCUT2D eigenvalue weighted by molar-refractivity contribution is 0.0885. The van der Waals surface area contributed by atoms with Gasteiger partial charge >= 0.3 is 0 Å². The summed E-state index contributed by atoms with van der Waals surface area (Å²) in [5.74, 6) is 1.28. The van der Waals surface area contributed by atoms with Gasteiger partial charge in [-0.25, -0.2) is 0 Å². The lowest BCUT2D eigenvalue weighted by Gasteiger charge is -2.17. The van der Waals surface area contributed by atoms with Crippen LogP contribution in [0.1, 0.15) is 11.7 Å². The third-order valence-electron chi connectivity index (χ3n) is 3.24. The molecule has 1 aliphatic rings. The standard InChI is InChI=1S/C15H14O4S/c1-18-11-8-6-10(7-9-11)14(16)15-19-12-4-2-3-5-13(12)20(15)17/h2-9,14-16H,1H3/t14-,15-,20?/m0/s1. The minimum Gasteiger partial charge on any atom is -0.497 e. The number of para-hydroxylation sites is 1. The van der Waals surface area contributed by atoms with Crippen molar-refractivity contribution in [2.45, 2.75) is 16.4 Å². The van der Waals surface area contributed by atoms with E-state index in [0.29, 0.717) is 22.0 Å². The van der Waals surface area contributed by atoms with Gasteiger partial charge in [0.05, 0.1) is 12.0 Å². The molecule has 0 aliphatic carbocycles. The fourth-order valence-corrected chi connectivity index (χ4v) is 3.51. The molecular formula is C15H14O4S. The molecule has 1 unspecified atom stereocenters. The Labute approximate surface area is 119 Å². The van der Waals surface area contributed by atoms with Crippen LogP contribution in [-0.4, -0.2) is 21.9 Å². The molecule has 1 aliphatic heterocycles. The van der Waals surface area contributed by atoms with Crippen molar-refractivity contribution in [3.8, 4) is 11.5 Å². The Bertz CT molecular complexity index is 639. The van der Waals surface area contributed by atoms with Crippen molar-refractivity contribution in [3.63, 3.8) is 0 Å². The molecule has 5 heteroatoms. The second-order valence-electron chi connectivity index (χ2n) is 4.45. The first-order chi connectivity index (χ1) is 9.70. The van der Waals surface area contributed by atoms with Crippen LogP contribution in [0.25, 0.3) is 0 Å². The summed E-state index contributed by atoms with van der Waals surface area (Å²) in [5, 5.41) is 10.4. The molecule has 3 atom stereocenters. The Morgan fingerprint density at radius 2 is 1.90 bits per heavy atom. The molecule has 0 aromatic heterocycles. The van der Waals surface area contributed by atoms with E-state index in [4.69, 9.17) is 9.47 Å². The number of hydrogen-bond acceptors (Lipinski definition) is 4. The fraction of sp³-hybridized carbons (Fsp3) is 0.200. The molecule has 0 spiro atoms. The monoisotopic (exact) mass is 290 g/mol. The average molecular weight is 290 g/mol. The zero-order valence-electron chi connectivity index (χ0n) is 10.9. The van der Waals surface area contributed by atoms with Crippen molar-refractivity contribution in [1.82, 2.24) is 0 Å². The van der Waals surface area contributed by atoms with E-state index < -0.39 is 22.3 Å². The number of ether oxygens (including phenoxy) is 2. The van der Waals surface area contributed by atoms with Gasteiger partial charge in [-0.1, -0.05) is 24.3 Å². The fourth-order valence-electron chi connectivity index (χ4n) is 2.15. The van der Waals surface area contributed by atoms with Crippen LogP contribution in [0.3, 0.4) is 0 Å². The third kappa shape index (κ3) is 2.19. The summed E-state index contributed by atoms with van der Waals surface area (Å²) in [6.45, 7) is 0. The van der Waals surface area contributed by atoms with E-state index in [2.05, 4.69) is 0 Å². The Kier molecular flexibility index (Phi) is 3.46. The highest BCUT2D eigenvalue weighted by molar-refractivity contribution is 7.86. The van der Waals surface area contributed by atoms with E-state index >= 15 is 0 Å². The Hall–Kier alpha value is -1.85. The SMILES string of the molecule is COc1ccc([C@H](O)[C@H]2Oc3ccccc3S2=O)cc1. The molecule has 0 amide bonds. The second kappa shape index (κ2) is 5.26. The first-order valence-corrected chi connectivity index (χ1v) is 7.40.